The van der Waals surface area contributed by atoms with Crippen molar-refractivity contribution in [3.05, 3.63) is 64.9 Å². The summed E-state index contributed by atoms with van der Waals surface area (Å²) in [7, 11) is 0. The number of para-hydroxylation sites is 1. The van der Waals surface area contributed by atoms with Crippen LogP contribution in [0, 0.1) is 5.82 Å². The standard InChI is InChI=1S/C17H11Cl2FN4O/c1-2-15(25)23-17-22-13-6-4-3-5-9(13)16(24-17)21-14-8-11(19)10(18)7-12(14)20/h2-8H,1H2,(H2,21,22,23,24,25). The maximum Gasteiger partial charge on any atom is 0.250 e. The van der Waals surface area contributed by atoms with Crippen LogP contribution in [0.1, 0.15) is 0 Å². The van der Waals surface area contributed by atoms with E-state index >= 15 is 0 Å². The van der Waals surface area contributed by atoms with Crippen LogP contribution in [-0.4, -0.2) is 15.9 Å². The van der Waals surface area contributed by atoms with Gasteiger partial charge in [0.15, 0.2) is 0 Å². The van der Waals surface area contributed by atoms with Gasteiger partial charge >= 0.3 is 0 Å². The first kappa shape index (κ1) is 17.1. The third kappa shape index (κ3) is 3.70. The summed E-state index contributed by atoms with van der Waals surface area (Å²) in [5.41, 5.74) is 0.666. The SMILES string of the molecule is C=CC(=O)Nc1nc(Nc2cc(Cl)c(Cl)cc2F)c2ccccc2n1. The van der Waals surface area contributed by atoms with Crippen LogP contribution in [0.3, 0.4) is 0 Å². The summed E-state index contributed by atoms with van der Waals surface area (Å²) >= 11 is 11.7. The summed E-state index contributed by atoms with van der Waals surface area (Å²) < 4.78 is 14.1. The van der Waals surface area contributed by atoms with E-state index in [0.29, 0.717) is 16.7 Å². The highest BCUT2D eigenvalue weighted by molar-refractivity contribution is 6.42. The zero-order chi connectivity index (χ0) is 18.0. The molecule has 0 spiro atoms. The molecular weight excluding hydrogens is 366 g/mol. The maximum atomic E-state index is 14.1. The number of amides is 1. The number of rotatable bonds is 4. The molecule has 3 aromatic rings. The molecule has 0 aliphatic heterocycles. The lowest BCUT2D eigenvalue weighted by atomic mass is 10.2. The fourth-order valence-corrected chi connectivity index (χ4v) is 2.45. The Morgan fingerprint density at radius 2 is 1.88 bits per heavy atom. The molecule has 0 bridgehead atoms. The van der Waals surface area contributed by atoms with Crippen molar-refractivity contribution in [3.8, 4) is 0 Å². The molecule has 25 heavy (non-hydrogen) atoms. The second-order valence-electron chi connectivity index (χ2n) is 4.98. The second-order valence-corrected chi connectivity index (χ2v) is 5.79. The van der Waals surface area contributed by atoms with Gasteiger partial charge in [-0.3, -0.25) is 10.1 Å². The van der Waals surface area contributed by atoms with Crippen molar-refractivity contribution in [2.24, 2.45) is 0 Å². The van der Waals surface area contributed by atoms with Crippen molar-refractivity contribution in [3.63, 3.8) is 0 Å². The number of carbonyl (C=O) groups is 1. The third-order valence-electron chi connectivity index (χ3n) is 3.29. The van der Waals surface area contributed by atoms with Crippen molar-refractivity contribution in [1.29, 1.82) is 0 Å². The molecule has 0 aliphatic rings. The van der Waals surface area contributed by atoms with E-state index in [0.717, 1.165) is 12.1 Å². The van der Waals surface area contributed by atoms with E-state index in [-0.39, 0.29) is 21.7 Å². The van der Waals surface area contributed by atoms with E-state index in [4.69, 9.17) is 23.2 Å². The third-order valence-corrected chi connectivity index (χ3v) is 4.01. The van der Waals surface area contributed by atoms with Crippen LogP contribution in [-0.2, 0) is 4.79 Å². The number of fused-ring (bicyclic) bond motifs is 1. The normalized spacial score (nSPS) is 10.5. The summed E-state index contributed by atoms with van der Waals surface area (Å²) in [5, 5.41) is 6.30. The zero-order valence-corrected chi connectivity index (χ0v) is 14.2. The number of carbonyl (C=O) groups excluding carboxylic acids is 1. The van der Waals surface area contributed by atoms with Gasteiger partial charge in [-0.05, 0) is 30.3 Å². The fourth-order valence-electron chi connectivity index (χ4n) is 2.13. The van der Waals surface area contributed by atoms with Gasteiger partial charge in [-0.25, -0.2) is 9.37 Å². The lowest BCUT2D eigenvalue weighted by Crippen LogP contribution is -2.11. The quantitative estimate of drug-likeness (QED) is 0.499. The van der Waals surface area contributed by atoms with Crippen LogP contribution in [0.25, 0.3) is 10.9 Å². The van der Waals surface area contributed by atoms with E-state index in [9.17, 15) is 9.18 Å². The van der Waals surface area contributed by atoms with Crippen LogP contribution in [0.15, 0.2) is 49.1 Å². The lowest BCUT2D eigenvalue weighted by molar-refractivity contribution is -0.111. The number of hydrogen-bond donors (Lipinski definition) is 2. The molecule has 0 unspecified atom stereocenters. The monoisotopic (exact) mass is 376 g/mol. The smallest absolute Gasteiger partial charge is 0.250 e. The van der Waals surface area contributed by atoms with E-state index < -0.39 is 11.7 Å². The van der Waals surface area contributed by atoms with Gasteiger partial charge in [0.25, 0.3) is 0 Å². The van der Waals surface area contributed by atoms with Gasteiger partial charge in [0.1, 0.15) is 11.6 Å². The fraction of sp³-hybridized carbons (Fsp3) is 0. The van der Waals surface area contributed by atoms with Crippen LogP contribution in [0.5, 0.6) is 0 Å². The molecule has 8 heteroatoms. The maximum absolute atomic E-state index is 14.1. The van der Waals surface area contributed by atoms with Crippen LogP contribution in [0.2, 0.25) is 10.0 Å². The van der Waals surface area contributed by atoms with Crippen molar-refractivity contribution in [1.82, 2.24) is 9.97 Å². The van der Waals surface area contributed by atoms with Gasteiger partial charge in [0.2, 0.25) is 11.9 Å². The Balaban J connectivity index is 2.09. The molecule has 0 fully saturated rings. The molecular formula is C17H11Cl2FN4O. The molecule has 0 saturated heterocycles. The van der Waals surface area contributed by atoms with Crippen molar-refractivity contribution in [2.75, 3.05) is 10.6 Å². The highest BCUT2D eigenvalue weighted by atomic mass is 35.5. The zero-order valence-electron chi connectivity index (χ0n) is 12.7. The minimum absolute atomic E-state index is 0.0616. The number of aromatic nitrogens is 2. The molecule has 1 amide bonds. The molecule has 126 valence electrons. The summed E-state index contributed by atoms with van der Waals surface area (Å²) in [6.07, 6.45) is 1.10. The molecule has 5 nitrogen and oxygen atoms in total. The number of benzene rings is 2. The molecule has 0 radical (unpaired) electrons. The average Bonchev–Trinajstić information content (AvgIpc) is 2.59. The Morgan fingerprint density at radius 3 is 2.64 bits per heavy atom. The molecule has 1 aromatic heterocycles. The molecule has 0 atom stereocenters. The van der Waals surface area contributed by atoms with Crippen LogP contribution >= 0.6 is 23.2 Å². The summed E-state index contributed by atoms with van der Waals surface area (Å²) in [6, 6.07) is 9.57. The van der Waals surface area contributed by atoms with Gasteiger partial charge < -0.3 is 5.32 Å². The number of hydrogen-bond acceptors (Lipinski definition) is 4. The summed E-state index contributed by atoms with van der Waals surface area (Å²) in [4.78, 5) is 20.0. The first-order valence-corrected chi connectivity index (χ1v) is 7.85. The van der Waals surface area contributed by atoms with Gasteiger partial charge in [-0.1, -0.05) is 41.9 Å². The Morgan fingerprint density at radius 1 is 1.16 bits per heavy atom. The summed E-state index contributed by atoms with van der Waals surface area (Å²) in [5.74, 6) is -0.676. The van der Waals surface area contributed by atoms with Crippen LogP contribution in [0.4, 0.5) is 21.8 Å². The Bertz CT molecular complexity index is 994. The Hall–Kier alpha value is -2.70. The molecule has 3 rings (SSSR count). The van der Waals surface area contributed by atoms with E-state index in [2.05, 4.69) is 27.2 Å². The van der Waals surface area contributed by atoms with E-state index in [1.54, 1.807) is 24.3 Å². The van der Waals surface area contributed by atoms with Gasteiger partial charge in [0, 0.05) is 5.39 Å². The van der Waals surface area contributed by atoms with Crippen LogP contribution < -0.4 is 10.6 Å². The molecule has 0 aliphatic carbocycles. The highest BCUT2D eigenvalue weighted by Crippen LogP contribution is 2.31. The molecule has 0 saturated carbocycles. The number of anilines is 3. The summed E-state index contributed by atoms with van der Waals surface area (Å²) in [6.45, 7) is 3.38. The van der Waals surface area contributed by atoms with Gasteiger partial charge in [-0.2, -0.15) is 4.98 Å². The second kappa shape index (κ2) is 7.04. The topological polar surface area (TPSA) is 66.9 Å². The number of nitrogens with zero attached hydrogens (tertiary/aromatic N) is 2. The number of halogens is 3. The van der Waals surface area contributed by atoms with Gasteiger partial charge in [-0.15, -0.1) is 0 Å². The minimum Gasteiger partial charge on any atom is -0.337 e. The highest BCUT2D eigenvalue weighted by Gasteiger charge is 2.13. The van der Waals surface area contributed by atoms with Gasteiger partial charge in [0.05, 0.1) is 21.2 Å². The van der Waals surface area contributed by atoms with Crippen molar-refractivity contribution >= 4 is 57.5 Å². The lowest BCUT2D eigenvalue weighted by Gasteiger charge is -2.12. The largest absolute Gasteiger partial charge is 0.337 e. The van der Waals surface area contributed by atoms with Crippen molar-refractivity contribution in [2.45, 2.75) is 0 Å². The molecule has 2 N–H and O–H groups in total. The van der Waals surface area contributed by atoms with E-state index in [1.165, 1.54) is 6.07 Å². The Labute approximate surface area is 152 Å². The molecule has 2 aromatic carbocycles. The Kier molecular flexibility index (Phi) is 4.83. The first-order chi connectivity index (χ1) is 12.0. The minimum atomic E-state index is -0.589. The predicted molar refractivity (Wildman–Crippen MR) is 98.1 cm³/mol. The average molecular weight is 377 g/mol. The van der Waals surface area contributed by atoms with E-state index in [1.807, 2.05) is 0 Å². The predicted octanol–water partition coefficient (Wildman–Crippen LogP) is 4.94. The molecule has 1 heterocycles. The first-order valence-electron chi connectivity index (χ1n) is 7.09. The number of nitrogens with one attached hydrogen (secondary N) is 2. The van der Waals surface area contributed by atoms with Crippen molar-refractivity contribution < 1.29 is 9.18 Å².